The standard InChI is InChI=1S/C16H17NO3/c1-17(2)15(18)16(19-13-9-5-3-6-10-13)20-14-11-7-4-8-12-14/h3-12,16H,1-2H3. The number of hydrogen-bond acceptors (Lipinski definition) is 3. The molecule has 1 amide bonds. The van der Waals surface area contributed by atoms with Crippen LogP contribution in [-0.4, -0.2) is 31.2 Å². The Morgan fingerprint density at radius 1 is 0.850 bits per heavy atom. The highest BCUT2D eigenvalue weighted by atomic mass is 16.7. The summed E-state index contributed by atoms with van der Waals surface area (Å²) in [5.41, 5.74) is 0. The van der Waals surface area contributed by atoms with Crippen LogP contribution in [0.1, 0.15) is 0 Å². The van der Waals surface area contributed by atoms with Crippen molar-refractivity contribution in [1.29, 1.82) is 0 Å². The van der Waals surface area contributed by atoms with E-state index in [0.717, 1.165) is 0 Å². The van der Waals surface area contributed by atoms with Gasteiger partial charge in [0.2, 0.25) is 0 Å². The first-order valence-corrected chi connectivity index (χ1v) is 6.31. The molecule has 0 unspecified atom stereocenters. The minimum absolute atomic E-state index is 0.252. The molecule has 4 nitrogen and oxygen atoms in total. The summed E-state index contributed by atoms with van der Waals surface area (Å²) in [5.74, 6) is 0.921. The van der Waals surface area contributed by atoms with Gasteiger partial charge in [0.25, 0.3) is 0 Å². The average Bonchev–Trinajstić information content (AvgIpc) is 2.48. The molecule has 0 N–H and O–H groups in total. The molecule has 2 rings (SSSR count). The predicted molar refractivity (Wildman–Crippen MR) is 76.6 cm³/mol. The van der Waals surface area contributed by atoms with Gasteiger partial charge in [0.1, 0.15) is 11.5 Å². The lowest BCUT2D eigenvalue weighted by Crippen LogP contribution is -2.41. The summed E-state index contributed by atoms with van der Waals surface area (Å²) in [6, 6.07) is 18.3. The Morgan fingerprint density at radius 3 is 1.60 bits per heavy atom. The van der Waals surface area contributed by atoms with Gasteiger partial charge in [0, 0.05) is 14.1 Å². The Hall–Kier alpha value is -2.49. The summed E-state index contributed by atoms with van der Waals surface area (Å²) in [6.07, 6.45) is -1.00. The minimum atomic E-state index is -1.00. The number of amides is 1. The zero-order valence-corrected chi connectivity index (χ0v) is 11.5. The van der Waals surface area contributed by atoms with Crippen LogP contribution in [0.5, 0.6) is 11.5 Å². The molecule has 20 heavy (non-hydrogen) atoms. The maximum Gasteiger partial charge on any atom is 0.321 e. The number of benzene rings is 2. The molecule has 0 aliphatic rings. The summed E-state index contributed by atoms with van der Waals surface area (Å²) < 4.78 is 11.3. The van der Waals surface area contributed by atoms with E-state index in [2.05, 4.69) is 0 Å². The van der Waals surface area contributed by atoms with Crippen LogP contribution in [0.25, 0.3) is 0 Å². The number of likely N-dealkylation sites (N-methyl/N-ethyl adjacent to an activating group) is 1. The third-order valence-electron chi connectivity index (χ3n) is 2.62. The van der Waals surface area contributed by atoms with Gasteiger partial charge in [-0.25, -0.2) is 0 Å². The van der Waals surface area contributed by atoms with Crippen molar-refractivity contribution in [3.63, 3.8) is 0 Å². The van der Waals surface area contributed by atoms with Crippen molar-refractivity contribution in [3.05, 3.63) is 60.7 Å². The molecule has 0 heterocycles. The summed E-state index contributed by atoms with van der Waals surface area (Å²) in [4.78, 5) is 13.6. The second kappa shape index (κ2) is 6.61. The molecule has 2 aromatic carbocycles. The Bertz CT molecular complexity index is 499. The van der Waals surface area contributed by atoms with Crippen molar-refractivity contribution in [3.8, 4) is 11.5 Å². The van der Waals surface area contributed by atoms with Gasteiger partial charge >= 0.3 is 12.2 Å². The van der Waals surface area contributed by atoms with Gasteiger partial charge in [-0.3, -0.25) is 4.79 Å². The molecule has 104 valence electrons. The Kier molecular flexibility index (Phi) is 4.60. The van der Waals surface area contributed by atoms with Crippen LogP contribution in [0.4, 0.5) is 0 Å². The fourth-order valence-electron chi connectivity index (χ4n) is 1.58. The molecule has 2 aromatic rings. The van der Waals surface area contributed by atoms with Crippen molar-refractivity contribution >= 4 is 5.91 Å². The second-order valence-electron chi connectivity index (χ2n) is 4.43. The van der Waals surface area contributed by atoms with Crippen LogP contribution in [0, 0.1) is 0 Å². The maximum absolute atomic E-state index is 12.1. The lowest BCUT2D eigenvalue weighted by Gasteiger charge is -2.22. The molecular weight excluding hydrogens is 254 g/mol. The maximum atomic E-state index is 12.1. The SMILES string of the molecule is CN(C)C(=O)C(Oc1ccccc1)Oc1ccccc1. The molecule has 0 fully saturated rings. The Morgan fingerprint density at radius 2 is 1.25 bits per heavy atom. The van der Waals surface area contributed by atoms with E-state index in [1.165, 1.54) is 4.90 Å². The van der Waals surface area contributed by atoms with Crippen LogP contribution in [0.15, 0.2) is 60.7 Å². The van der Waals surface area contributed by atoms with Crippen molar-refractivity contribution in [1.82, 2.24) is 4.90 Å². The van der Waals surface area contributed by atoms with Crippen LogP contribution in [-0.2, 0) is 4.79 Å². The summed E-state index contributed by atoms with van der Waals surface area (Å²) in [6.45, 7) is 0. The number of carbonyl (C=O) groups is 1. The third-order valence-corrected chi connectivity index (χ3v) is 2.62. The van der Waals surface area contributed by atoms with E-state index in [1.807, 2.05) is 36.4 Å². The second-order valence-corrected chi connectivity index (χ2v) is 4.43. The van der Waals surface area contributed by atoms with Crippen molar-refractivity contribution in [2.24, 2.45) is 0 Å². The lowest BCUT2D eigenvalue weighted by atomic mass is 10.3. The molecule has 0 bridgehead atoms. The molecule has 0 aliphatic heterocycles. The summed E-state index contributed by atoms with van der Waals surface area (Å²) in [7, 11) is 3.33. The summed E-state index contributed by atoms with van der Waals surface area (Å²) >= 11 is 0. The lowest BCUT2D eigenvalue weighted by molar-refractivity contribution is -0.149. The molecule has 0 saturated heterocycles. The molecular formula is C16H17NO3. The van der Waals surface area contributed by atoms with Gasteiger partial charge in [-0.05, 0) is 24.3 Å². The largest absolute Gasteiger partial charge is 0.446 e. The van der Waals surface area contributed by atoms with E-state index < -0.39 is 6.29 Å². The summed E-state index contributed by atoms with van der Waals surface area (Å²) in [5, 5.41) is 0. The van der Waals surface area contributed by atoms with Crippen molar-refractivity contribution < 1.29 is 14.3 Å². The monoisotopic (exact) mass is 271 g/mol. The fourth-order valence-corrected chi connectivity index (χ4v) is 1.58. The third kappa shape index (κ3) is 3.75. The highest BCUT2D eigenvalue weighted by molar-refractivity contribution is 5.79. The normalized spacial score (nSPS) is 10.2. The van der Waals surface area contributed by atoms with Crippen LogP contribution in [0.2, 0.25) is 0 Å². The van der Waals surface area contributed by atoms with Crippen LogP contribution in [0.3, 0.4) is 0 Å². The minimum Gasteiger partial charge on any atom is -0.446 e. The van der Waals surface area contributed by atoms with E-state index >= 15 is 0 Å². The molecule has 0 aromatic heterocycles. The Labute approximate surface area is 118 Å². The quantitative estimate of drug-likeness (QED) is 0.784. The van der Waals surface area contributed by atoms with Gasteiger partial charge in [-0.2, -0.15) is 0 Å². The topological polar surface area (TPSA) is 38.8 Å². The molecule has 0 saturated carbocycles. The Balaban J connectivity index is 2.15. The van der Waals surface area contributed by atoms with Gasteiger partial charge in [0.15, 0.2) is 0 Å². The zero-order chi connectivity index (χ0) is 14.4. The molecule has 4 heteroatoms. The van der Waals surface area contributed by atoms with E-state index in [1.54, 1.807) is 38.4 Å². The average molecular weight is 271 g/mol. The zero-order valence-electron chi connectivity index (χ0n) is 11.5. The van der Waals surface area contributed by atoms with Gasteiger partial charge in [-0.15, -0.1) is 0 Å². The number of para-hydroxylation sites is 2. The van der Waals surface area contributed by atoms with Gasteiger partial charge in [0.05, 0.1) is 0 Å². The van der Waals surface area contributed by atoms with E-state index in [4.69, 9.17) is 9.47 Å². The van der Waals surface area contributed by atoms with Crippen molar-refractivity contribution in [2.45, 2.75) is 6.29 Å². The first-order chi connectivity index (χ1) is 9.66. The number of nitrogens with zero attached hydrogens (tertiary/aromatic N) is 1. The number of rotatable bonds is 5. The highest BCUT2D eigenvalue weighted by Gasteiger charge is 2.24. The number of carbonyl (C=O) groups excluding carboxylic acids is 1. The van der Waals surface area contributed by atoms with Crippen LogP contribution >= 0.6 is 0 Å². The number of hydrogen-bond donors (Lipinski definition) is 0. The highest BCUT2D eigenvalue weighted by Crippen LogP contribution is 2.16. The first-order valence-electron chi connectivity index (χ1n) is 6.31. The number of ether oxygens (including phenoxy) is 2. The molecule has 0 aliphatic carbocycles. The van der Waals surface area contributed by atoms with Gasteiger partial charge < -0.3 is 14.4 Å². The van der Waals surface area contributed by atoms with Crippen LogP contribution < -0.4 is 9.47 Å². The van der Waals surface area contributed by atoms with E-state index in [9.17, 15) is 4.79 Å². The molecule has 0 spiro atoms. The smallest absolute Gasteiger partial charge is 0.321 e. The van der Waals surface area contributed by atoms with E-state index in [-0.39, 0.29) is 5.91 Å². The molecule has 0 atom stereocenters. The van der Waals surface area contributed by atoms with E-state index in [0.29, 0.717) is 11.5 Å². The fraction of sp³-hybridized carbons (Fsp3) is 0.188. The van der Waals surface area contributed by atoms with Gasteiger partial charge in [-0.1, -0.05) is 36.4 Å². The first kappa shape index (κ1) is 13.9. The molecule has 0 radical (unpaired) electrons. The predicted octanol–water partition coefficient (Wildman–Crippen LogP) is 2.56. The van der Waals surface area contributed by atoms with Crippen molar-refractivity contribution in [2.75, 3.05) is 14.1 Å².